The molecule has 2 atom stereocenters. The van der Waals surface area contributed by atoms with Crippen LogP contribution in [0.25, 0.3) is 0 Å². The summed E-state index contributed by atoms with van der Waals surface area (Å²) in [6.45, 7) is 9.87. The lowest BCUT2D eigenvalue weighted by Crippen LogP contribution is -2.30. The molecule has 1 rings (SSSR count). The third kappa shape index (κ3) is 3.60. The molecule has 18 heavy (non-hydrogen) atoms. The molecule has 4 nitrogen and oxygen atoms in total. The SMILES string of the molecule is Cc1oc(C)c(C(=O)NCC(C)CC(C)O)c1C. The maximum atomic E-state index is 12.1. The summed E-state index contributed by atoms with van der Waals surface area (Å²) in [7, 11) is 0. The van der Waals surface area contributed by atoms with Crippen molar-refractivity contribution in [3.8, 4) is 0 Å². The van der Waals surface area contributed by atoms with Gasteiger partial charge in [0.15, 0.2) is 0 Å². The van der Waals surface area contributed by atoms with Crippen molar-refractivity contribution in [3.05, 3.63) is 22.6 Å². The Morgan fingerprint density at radius 3 is 2.33 bits per heavy atom. The summed E-state index contributed by atoms with van der Waals surface area (Å²) in [5.41, 5.74) is 1.53. The predicted molar refractivity (Wildman–Crippen MR) is 70.7 cm³/mol. The van der Waals surface area contributed by atoms with Gasteiger partial charge in [-0.3, -0.25) is 4.79 Å². The average molecular weight is 253 g/mol. The number of rotatable bonds is 5. The van der Waals surface area contributed by atoms with Crippen LogP contribution >= 0.6 is 0 Å². The number of carbonyl (C=O) groups excluding carboxylic acids is 1. The molecule has 1 amide bonds. The highest BCUT2D eigenvalue weighted by Crippen LogP contribution is 2.20. The first-order valence-electron chi connectivity index (χ1n) is 6.35. The molecule has 0 spiro atoms. The van der Waals surface area contributed by atoms with E-state index in [1.54, 1.807) is 13.8 Å². The zero-order chi connectivity index (χ0) is 13.9. The Morgan fingerprint density at radius 2 is 1.89 bits per heavy atom. The smallest absolute Gasteiger partial charge is 0.255 e. The van der Waals surface area contributed by atoms with Crippen molar-refractivity contribution < 1.29 is 14.3 Å². The van der Waals surface area contributed by atoms with E-state index in [-0.39, 0.29) is 17.9 Å². The number of hydrogen-bond donors (Lipinski definition) is 2. The van der Waals surface area contributed by atoms with Crippen LogP contribution in [0.1, 0.15) is 47.7 Å². The number of aliphatic hydroxyl groups excluding tert-OH is 1. The van der Waals surface area contributed by atoms with Crippen molar-refractivity contribution in [2.45, 2.75) is 47.1 Å². The van der Waals surface area contributed by atoms with Crippen LogP contribution in [0.5, 0.6) is 0 Å². The number of hydrogen-bond acceptors (Lipinski definition) is 3. The second-order valence-electron chi connectivity index (χ2n) is 5.11. The molecule has 0 aromatic carbocycles. The normalized spacial score (nSPS) is 14.3. The van der Waals surface area contributed by atoms with Gasteiger partial charge in [0.05, 0.1) is 11.7 Å². The summed E-state index contributed by atoms with van der Waals surface area (Å²) < 4.78 is 5.44. The second-order valence-corrected chi connectivity index (χ2v) is 5.11. The van der Waals surface area contributed by atoms with Gasteiger partial charge in [0.2, 0.25) is 0 Å². The first kappa shape index (κ1) is 14.8. The van der Waals surface area contributed by atoms with E-state index >= 15 is 0 Å². The summed E-state index contributed by atoms with van der Waals surface area (Å²) >= 11 is 0. The van der Waals surface area contributed by atoms with E-state index in [1.165, 1.54) is 0 Å². The standard InChI is InChI=1S/C14H23NO3/c1-8(6-9(2)16)7-15-14(17)13-10(3)11(4)18-12(13)5/h8-9,16H,6-7H2,1-5H3,(H,15,17). The van der Waals surface area contributed by atoms with E-state index in [4.69, 9.17) is 4.42 Å². The van der Waals surface area contributed by atoms with Crippen molar-refractivity contribution in [1.29, 1.82) is 0 Å². The Balaban J connectivity index is 2.61. The molecule has 0 bridgehead atoms. The lowest BCUT2D eigenvalue weighted by atomic mass is 10.0. The lowest BCUT2D eigenvalue weighted by Gasteiger charge is -2.14. The van der Waals surface area contributed by atoms with Gasteiger partial charge in [-0.1, -0.05) is 6.92 Å². The second kappa shape index (κ2) is 6.05. The first-order chi connectivity index (χ1) is 8.32. The Kier molecular flexibility index (Phi) is 4.96. The molecule has 2 N–H and O–H groups in total. The molecular weight excluding hydrogens is 230 g/mol. The number of aliphatic hydroxyl groups is 1. The highest BCUT2D eigenvalue weighted by Gasteiger charge is 2.18. The molecule has 1 aromatic heterocycles. The van der Waals surface area contributed by atoms with Gasteiger partial charge in [-0.05, 0) is 40.0 Å². The predicted octanol–water partition coefficient (Wildman–Crippen LogP) is 2.34. The fourth-order valence-corrected chi connectivity index (χ4v) is 2.15. The van der Waals surface area contributed by atoms with Crippen LogP contribution in [0, 0.1) is 26.7 Å². The van der Waals surface area contributed by atoms with Gasteiger partial charge in [0.25, 0.3) is 5.91 Å². The summed E-state index contributed by atoms with van der Waals surface area (Å²) in [5.74, 6) is 1.60. The minimum atomic E-state index is -0.337. The van der Waals surface area contributed by atoms with Crippen LogP contribution in [-0.2, 0) is 0 Å². The monoisotopic (exact) mass is 253 g/mol. The quantitative estimate of drug-likeness (QED) is 0.846. The van der Waals surface area contributed by atoms with E-state index in [1.807, 2.05) is 20.8 Å². The molecule has 1 aromatic rings. The van der Waals surface area contributed by atoms with Gasteiger partial charge < -0.3 is 14.8 Å². The number of aryl methyl sites for hydroxylation is 2. The van der Waals surface area contributed by atoms with Crippen LogP contribution in [0.3, 0.4) is 0 Å². The maximum Gasteiger partial charge on any atom is 0.255 e. The van der Waals surface area contributed by atoms with E-state index in [0.717, 1.165) is 11.3 Å². The maximum absolute atomic E-state index is 12.1. The summed E-state index contributed by atoms with van der Waals surface area (Å²) in [6.07, 6.45) is 0.347. The molecule has 0 fully saturated rings. The number of furan rings is 1. The highest BCUT2D eigenvalue weighted by molar-refractivity contribution is 5.96. The van der Waals surface area contributed by atoms with Crippen molar-refractivity contribution in [3.63, 3.8) is 0 Å². The fourth-order valence-electron chi connectivity index (χ4n) is 2.15. The zero-order valence-corrected chi connectivity index (χ0v) is 11.8. The van der Waals surface area contributed by atoms with Gasteiger partial charge in [0, 0.05) is 12.1 Å². The largest absolute Gasteiger partial charge is 0.466 e. The van der Waals surface area contributed by atoms with Crippen molar-refractivity contribution in [2.75, 3.05) is 6.54 Å². The summed E-state index contributed by atoms with van der Waals surface area (Å²) in [4.78, 5) is 12.1. The number of amides is 1. The van der Waals surface area contributed by atoms with Crippen LogP contribution in [0.15, 0.2) is 4.42 Å². The average Bonchev–Trinajstić information content (AvgIpc) is 2.49. The Morgan fingerprint density at radius 1 is 1.28 bits per heavy atom. The molecule has 4 heteroatoms. The molecule has 0 aliphatic carbocycles. The Labute approximate surface area is 108 Å². The van der Waals surface area contributed by atoms with Crippen molar-refractivity contribution in [2.24, 2.45) is 5.92 Å². The summed E-state index contributed by atoms with van der Waals surface area (Å²) in [5, 5.41) is 12.2. The number of carbonyl (C=O) groups is 1. The van der Waals surface area contributed by atoms with Crippen LogP contribution < -0.4 is 5.32 Å². The van der Waals surface area contributed by atoms with E-state index in [9.17, 15) is 9.90 Å². The lowest BCUT2D eigenvalue weighted by molar-refractivity contribution is 0.0937. The van der Waals surface area contributed by atoms with Gasteiger partial charge in [0.1, 0.15) is 11.5 Å². The van der Waals surface area contributed by atoms with Gasteiger partial charge in [-0.25, -0.2) is 0 Å². The Hall–Kier alpha value is -1.29. The highest BCUT2D eigenvalue weighted by atomic mass is 16.3. The molecule has 102 valence electrons. The van der Waals surface area contributed by atoms with E-state index in [0.29, 0.717) is 24.3 Å². The van der Waals surface area contributed by atoms with Gasteiger partial charge in [-0.2, -0.15) is 0 Å². The zero-order valence-electron chi connectivity index (χ0n) is 11.8. The molecule has 2 unspecified atom stereocenters. The fraction of sp³-hybridized carbons (Fsp3) is 0.643. The van der Waals surface area contributed by atoms with Crippen LogP contribution in [0.4, 0.5) is 0 Å². The minimum absolute atomic E-state index is 0.0979. The van der Waals surface area contributed by atoms with Crippen molar-refractivity contribution in [1.82, 2.24) is 5.32 Å². The molecule has 0 aliphatic rings. The molecule has 0 saturated heterocycles. The number of nitrogens with one attached hydrogen (secondary N) is 1. The molecule has 1 heterocycles. The third-order valence-corrected chi connectivity index (χ3v) is 3.14. The summed E-state index contributed by atoms with van der Waals surface area (Å²) in [6, 6.07) is 0. The van der Waals surface area contributed by atoms with E-state index < -0.39 is 0 Å². The van der Waals surface area contributed by atoms with Crippen molar-refractivity contribution >= 4 is 5.91 Å². The molecule has 0 radical (unpaired) electrons. The van der Waals surface area contributed by atoms with Gasteiger partial charge >= 0.3 is 0 Å². The minimum Gasteiger partial charge on any atom is -0.466 e. The van der Waals surface area contributed by atoms with Crippen LogP contribution in [0.2, 0.25) is 0 Å². The van der Waals surface area contributed by atoms with E-state index in [2.05, 4.69) is 5.32 Å². The molecular formula is C14H23NO3. The van der Waals surface area contributed by atoms with Gasteiger partial charge in [-0.15, -0.1) is 0 Å². The topological polar surface area (TPSA) is 62.5 Å². The Bertz CT molecular complexity index is 421. The van der Waals surface area contributed by atoms with Crippen LogP contribution in [-0.4, -0.2) is 23.7 Å². The molecule has 0 aliphatic heterocycles. The molecule has 0 saturated carbocycles. The third-order valence-electron chi connectivity index (χ3n) is 3.14. The first-order valence-corrected chi connectivity index (χ1v) is 6.35.